The lowest BCUT2D eigenvalue weighted by Crippen LogP contribution is -2.39. The van der Waals surface area contributed by atoms with Crippen LogP contribution in [0.5, 0.6) is 0 Å². The molecule has 1 aromatic rings. The number of hydrogen-bond donors (Lipinski definition) is 0. The van der Waals surface area contributed by atoms with Crippen LogP contribution in [0.4, 0.5) is 5.13 Å². The average Bonchev–Trinajstić information content (AvgIpc) is 2.62. The SMILES string of the molecule is CC(N(C)c1nc(CCl)cs1)C(C)(C)C. The molecule has 0 amide bonds. The molecular formula is C11H19ClN2S. The predicted octanol–water partition coefficient (Wildman–Crippen LogP) is 3.75. The van der Waals surface area contributed by atoms with Crippen molar-refractivity contribution in [3.8, 4) is 0 Å². The van der Waals surface area contributed by atoms with Gasteiger partial charge in [-0.05, 0) is 12.3 Å². The molecule has 0 fully saturated rings. The number of hydrogen-bond acceptors (Lipinski definition) is 3. The first kappa shape index (κ1) is 12.8. The summed E-state index contributed by atoms with van der Waals surface area (Å²) < 4.78 is 0. The van der Waals surface area contributed by atoms with Gasteiger partial charge in [-0.15, -0.1) is 22.9 Å². The smallest absolute Gasteiger partial charge is 0.185 e. The molecule has 0 aliphatic rings. The Hall–Kier alpha value is -0.280. The van der Waals surface area contributed by atoms with Gasteiger partial charge in [-0.1, -0.05) is 20.8 Å². The van der Waals surface area contributed by atoms with Gasteiger partial charge in [0.25, 0.3) is 0 Å². The lowest BCUT2D eigenvalue weighted by atomic mass is 9.87. The number of aromatic nitrogens is 1. The molecule has 1 heterocycles. The summed E-state index contributed by atoms with van der Waals surface area (Å²) in [7, 11) is 2.09. The van der Waals surface area contributed by atoms with Crippen molar-refractivity contribution in [1.29, 1.82) is 0 Å². The first-order valence-electron chi connectivity index (χ1n) is 5.09. The summed E-state index contributed by atoms with van der Waals surface area (Å²) in [6, 6.07) is 0.451. The molecule has 1 unspecified atom stereocenters. The summed E-state index contributed by atoms with van der Waals surface area (Å²) >= 11 is 7.40. The fourth-order valence-corrected chi connectivity index (χ4v) is 2.37. The number of nitrogens with zero attached hydrogens (tertiary/aromatic N) is 2. The maximum atomic E-state index is 5.74. The molecule has 2 nitrogen and oxygen atoms in total. The maximum absolute atomic E-state index is 5.74. The van der Waals surface area contributed by atoms with Crippen LogP contribution in [0.3, 0.4) is 0 Å². The molecule has 0 saturated heterocycles. The van der Waals surface area contributed by atoms with Crippen molar-refractivity contribution < 1.29 is 0 Å². The molecule has 15 heavy (non-hydrogen) atoms. The highest BCUT2D eigenvalue weighted by Gasteiger charge is 2.25. The summed E-state index contributed by atoms with van der Waals surface area (Å²) in [6.45, 7) is 8.94. The molecule has 0 aliphatic heterocycles. The number of alkyl halides is 1. The van der Waals surface area contributed by atoms with E-state index in [0.29, 0.717) is 11.9 Å². The van der Waals surface area contributed by atoms with Crippen LogP contribution >= 0.6 is 22.9 Å². The van der Waals surface area contributed by atoms with Gasteiger partial charge in [0, 0.05) is 18.5 Å². The second kappa shape index (κ2) is 4.71. The van der Waals surface area contributed by atoms with Crippen molar-refractivity contribution in [2.75, 3.05) is 11.9 Å². The van der Waals surface area contributed by atoms with Crippen LogP contribution in [0.2, 0.25) is 0 Å². The normalized spacial score (nSPS) is 14.0. The number of rotatable bonds is 3. The molecule has 1 rings (SSSR count). The van der Waals surface area contributed by atoms with Gasteiger partial charge >= 0.3 is 0 Å². The summed E-state index contributed by atoms with van der Waals surface area (Å²) in [5.74, 6) is 0.494. The van der Waals surface area contributed by atoms with Crippen LogP contribution in [0, 0.1) is 5.41 Å². The van der Waals surface area contributed by atoms with Gasteiger partial charge < -0.3 is 4.90 Å². The lowest BCUT2D eigenvalue weighted by molar-refractivity contribution is 0.329. The Bertz CT molecular complexity index is 317. The third kappa shape index (κ3) is 3.08. The summed E-state index contributed by atoms with van der Waals surface area (Å²) in [4.78, 5) is 6.70. The predicted molar refractivity (Wildman–Crippen MR) is 69.0 cm³/mol. The van der Waals surface area contributed by atoms with E-state index < -0.39 is 0 Å². The van der Waals surface area contributed by atoms with Crippen molar-refractivity contribution in [2.24, 2.45) is 5.41 Å². The van der Waals surface area contributed by atoms with E-state index in [1.165, 1.54) is 0 Å². The molecule has 0 bridgehead atoms. The van der Waals surface area contributed by atoms with Crippen LogP contribution in [-0.4, -0.2) is 18.1 Å². The van der Waals surface area contributed by atoms with Crippen LogP contribution in [0.15, 0.2) is 5.38 Å². The van der Waals surface area contributed by atoms with E-state index in [0.717, 1.165) is 10.8 Å². The fraction of sp³-hybridized carbons (Fsp3) is 0.727. The Morgan fingerprint density at radius 2 is 2.13 bits per heavy atom. The third-order valence-electron chi connectivity index (χ3n) is 2.81. The van der Waals surface area contributed by atoms with E-state index >= 15 is 0 Å². The van der Waals surface area contributed by atoms with Crippen molar-refractivity contribution in [1.82, 2.24) is 4.98 Å². The minimum atomic E-state index is 0.252. The van der Waals surface area contributed by atoms with Gasteiger partial charge in [-0.25, -0.2) is 4.98 Å². The van der Waals surface area contributed by atoms with E-state index in [4.69, 9.17) is 11.6 Å². The van der Waals surface area contributed by atoms with Gasteiger partial charge in [0.15, 0.2) is 5.13 Å². The second-order valence-corrected chi connectivity index (χ2v) is 6.01. The summed E-state index contributed by atoms with van der Waals surface area (Å²) in [5.41, 5.74) is 1.21. The van der Waals surface area contributed by atoms with Crippen LogP contribution < -0.4 is 4.90 Å². The van der Waals surface area contributed by atoms with Crippen LogP contribution in [0.1, 0.15) is 33.4 Å². The standard InChI is InChI=1S/C11H19ClN2S/c1-8(11(2,3)4)14(5)10-13-9(6-12)7-15-10/h7-8H,6H2,1-5H3. The molecule has 0 N–H and O–H groups in total. The Morgan fingerprint density at radius 1 is 1.53 bits per heavy atom. The zero-order valence-electron chi connectivity index (χ0n) is 10.0. The quantitative estimate of drug-likeness (QED) is 0.756. The summed E-state index contributed by atoms with van der Waals surface area (Å²) in [6.07, 6.45) is 0. The summed E-state index contributed by atoms with van der Waals surface area (Å²) in [5, 5.41) is 3.07. The molecular weight excluding hydrogens is 228 g/mol. The van der Waals surface area contributed by atoms with E-state index in [-0.39, 0.29) is 5.41 Å². The first-order chi connectivity index (χ1) is 6.86. The van der Waals surface area contributed by atoms with Gasteiger partial charge in [-0.3, -0.25) is 0 Å². The highest BCUT2D eigenvalue weighted by Crippen LogP contribution is 2.29. The van der Waals surface area contributed by atoms with Gasteiger partial charge in [0.2, 0.25) is 0 Å². The monoisotopic (exact) mass is 246 g/mol. The van der Waals surface area contributed by atoms with E-state index in [1.54, 1.807) is 11.3 Å². The number of halogens is 1. The van der Waals surface area contributed by atoms with Crippen molar-refractivity contribution in [3.63, 3.8) is 0 Å². The van der Waals surface area contributed by atoms with Crippen molar-refractivity contribution in [3.05, 3.63) is 11.1 Å². The highest BCUT2D eigenvalue weighted by molar-refractivity contribution is 7.13. The first-order valence-corrected chi connectivity index (χ1v) is 6.51. The van der Waals surface area contributed by atoms with Crippen molar-refractivity contribution >= 4 is 28.1 Å². The lowest BCUT2D eigenvalue weighted by Gasteiger charge is -2.35. The minimum absolute atomic E-state index is 0.252. The highest BCUT2D eigenvalue weighted by atomic mass is 35.5. The van der Waals surface area contributed by atoms with E-state index in [2.05, 4.69) is 44.6 Å². The average molecular weight is 247 g/mol. The van der Waals surface area contributed by atoms with Gasteiger partial charge in [-0.2, -0.15) is 0 Å². The molecule has 86 valence electrons. The van der Waals surface area contributed by atoms with Gasteiger partial charge in [0.1, 0.15) is 0 Å². The van der Waals surface area contributed by atoms with Crippen LogP contribution in [-0.2, 0) is 5.88 Å². The van der Waals surface area contributed by atoms with E-state index in [1.807, 2.05) is 5.38 Å². The van der Waals surface area contributed by atoms with Crippen LogP contribution in [0.25, 0.3) is 0 Å². The Labute approximate surface area is 101 Å². The van der Waals surface area contributed by atoms with Gasteiger partial charge in [0.05, 0.1) is 11.6 Å². The zero-order chi connectivity index (χ0) is 11.6. The minimum Gasteiger partial charge on any atom is -0.348 e. The molecule has 1 atom stereocenters. The molecule has 0 spiro atoms. The molecule has 0 aromatic carbocycles. The maximum Gasteiger partial charge on any atom is 0.185 e. The number of anilines is 1. The molecule has 0 aliphatic carbocycles. The molecule has 1 aromatic heterocycles. The Morgan fingerprint density at radius 3 is 2.53 bits per heavy atom. The third-order valence-corrected chi connectivity index (χ3v) is 4.07. The Kier molecular flexibility index (Phi) is 4.01. The molecule has 0 saturated carbocycles. The molecule has 0 radical (unpaired) electrons. The topological polar surface area (TPSA) is 16.1 Å². The second-order valence-electron chi connectivity index (χ2n) is 4.91. The van der Waals surface area contributed by atoms with E-state index in [9.17, 15) is 0 Å². The number of thiazole rings is 1. The fourth-order valence-electron chi connectivity index (χ4n) is 1.27. The molecule has 4 heteroatoms. The largest absolute Gasteiger partial charge is 0.348 e. The zero-order valence-corrected chi connectivity index (χ0v) is 11.6. The van der Waals surface area contributed by atoms with Crippen molar-refractivity contribution in [2.45, 2.75) is 39.6 Å². The Balaban J connectivity index is 2.80.